The van der Waals surface area contributed by atoms with Gasteiger partial charge in [-0.2, -0.15) is 0 Å². The number of aromatic nitrogens is 2. The molecule has 118 valence electrons. The second kappa shape index (κ2) is 5.11. The number of rotatable bonds is 3. The van der Waals surface area contributed by atoms with Crippen molar-refractivity contribution < 1.29 is 9.59 Å². The van der Waals surface area contributed by atoms with Crippen LogP contribution in [0.25, 0.3) is 0 Å². The van der Waals surface area contributed by atoms with E-state index in [2.05, 4.69) is 17.2 Å². The maximum Gasteiger partial charge on any atom is 0.245 e. The summed E-state index contributed by atoms with van der Waals surface area (Å²) in [6, 6.07) is -0.0288. The lowest BCUT2D eigenvalue weighted by Gasteiger charge is -2.36. The highest BCUT2D eigenvalue weighted by Crippen LogP contribution is 2.40. The predicted molar refractivity (Wildman–Crippen MR) is 79.7 cm³/mol. The number of nitrogens with one attached hydrogen (secondary N) is 1. The molecule has 0 aromatic carbocycles. The van der Waals surface area contributed by atoms with Gasteiger partial charge in [-0.05, 0) is 31.6 Å². The van der Waals surface area contributed by atoms with E-state index in [-0.39, 0.29) is 23.8 Å². The largest absolute Gasteiger partial charge is 0.352 e. The summed E-state index contributed by atoms with van der Waals surface area (Å²) in [6.07, 6.45) is 7.78. The Morgan fingerprint density at radius 2 is 2.14 bits per heavy atom. The van der Waals surface area contributed by atoms with E-state index in [1.54, 1.807) is 12.5 Å². The quantitative estimate of drug-likeness (QED) is 0.909. The van der Waals surface area contributed by atoms with E-state index in [0.29, 0.717) is 25.0 Å². The molecule has 0 saturated heterocycles. The monoisotopic (exact) mass is 302 g/mol. The molecule has 1 N–H and O–H groups in total. The number of carbonyl (C=O) groups is 2. The molecule has 22 heavy (non-hydrogen) atoms. The highest BCUT2D eigenvalue weighted by molar-refractivity contribution is 5.85. The first-order chi connectivity index (χ1) is 10.6. The molecule has 1 aromatic rings. The van der Waals surface area contributed by atoms with Crippen molar-refractivity contribution in [2.75, 3.05) is 6.54 Å². The molecule has 1 aromatic heterocycles. The molecule has 2 amide bonds. The first kappa shape index (κ1) is 13.8. The summed E-state index contributed by atoms with van der Waals surface area (Å²) in [6.45, 7) is 3.14. The summed E-state index contributed by atoms with van der Waals surface area (Å²) in [7, 11) is 0. The smallest absolute Gasteiger partial charge is 0.245 e. The van der Waals surface area contributed by atoms with Crippen molar-refractivity contribution in [2.45, 2.75) is 51.2 Å². The lowest BCUT2D eigenvalue weighted by atomic mass is 9.93. The Balaban J connectivity index is 1.52. The van der Waals surface area contributed by atoms with Crippen LogP contribution in [-0.4, -0.2) is 38.9 Å². The lowest BCUT2D eigenvalue weighted by Crippen LogP contribution is -2.50. The third kappa shape index (κ3) is 2.30. The second-order valence-corrected chi connectivity index (χ2v) is 6.98. The Morgan fingerprint density at radius 3 is 2.77 bits per heavy atom. The van der Waals surface area contributed by atoms with Gasteiger partial charge in [-0.15, -0.1) is 0 Å². The Kier molecular flexibility index (Phi) is 3.20. The van der Waals surface area contributed by atoms with Crippen molar-refractivity contribution in [3.63, 3.8) is 0 Å². The molecule has 2 fully saturated rings. The van der Waals surface area contributed by atoms with Crippen molar-refractivity contribution >= 4 is 11.8 Å². The predicted octanol–water partition coefficient (Wildman–Crippen LogP) is 1.09. The normalized spacial score (nSPS) is 30.4. The van der Waals surface area contributed by atoms with Crippen molar-refractivity contribution in [1.29, 1.82) is 0 Å². The number of hydrogen-bond donors (Lipinski definition) is 1. The summed E-state index contributed by atoms with van der Waals surface area (Å²) in [5, 5.41) is 3.10. The van der Waals surface area contributed by atoms with E-state index in [1.165, 1.54) is 6.42 Å². The summed E-state index contributed by atoms with van der Waals surface area (Å²) in [4.78, 5) is 31.1. The third-order valence-electron chi connectivity index (χ3n) is 5.32. The highest BCUT2D eigenvalue weighted by Gasteiger charge is 2.44. The van der Waals surface area contributed by atoms with Gasteiger partial charge in [0, 0.05) is 18.2 Å². The number of fused-ring (bicyclic) bond motifs is 1. The summed E-state index contributed by atoms with van der Waals surface area (Å²) >= 11 is 0. The lowest BCUT2D eigenvalue weighted by molar-refractivity contribution is -0.137. The Labute approximate surface area is 129 Å². The van der Waals surface area contributed by atoms with Crippen LogP contribution in [0.5, 0.6) is 0 Å². The SMILES string of the molecule is CC1CC1C(=O)N1Cc2cncn2C(C(=O)NC2CCC2)C1. The van der Waals surface area contributed by atoms with Gasteiger partial charge in [-0.1, -0.05) is 6.92 Å². The zero-order valence-electron chi connectivity index (χ0n) is 12.9. The summed E-state index contributed by atoms with van der Waals surface area (Å²) < 4.78 is 1.92. The Morgan fingerprint density at radius 1 is 1.36 bits per heavy atom. The topological polar surface area (TPSA) is 67.2 Å². The first-order valence-electron chi connectivity index (χ1n) is 8.23. The van der Waals surface area contributed by atoms with Crippen LogP contribution in [0.3, 0.4) is 0 Å². The fraction of sp³-hybridized carbons (Fsp3) is 0.688. The van der Waals surface area contributed by atoms with Gasteiger partial charge in [0.1, 0.15) is 6.04 Å². The molecule has 3 aliphatic rings. The average Bonchev–Trinajstić information content (AvgIpc) is 3.00. The number of imidazole rings is 1. The zero-order chi connectivity index (χ0) is 15.3. The van der Waals surface area contributed by atoms with Gasteiger partial charge in [-0.25, -0.2) is 4.98 Å². The molecule has 2 saturated carbocycles. The Hall–Kier alpha value is -1.85. The van der Waals surface area contributed by atoms with Crippen LogP contribution in [0.4, 0.5) is 0 Å². The molecule has 3 unspecified atom stereocenters. The van der Waals surface area contributed by atoms with Crippen molar-refractivity contribution in [3.05, 3.63) is 18.2 Å². The molecular formula is C16H22N4O2. The molecular weight excluding hydrogens is 280 g/mol. The van der Waals surface area contributed by atoms with Crippen molar-refractivity contribution in [1.82, 2.24) is 19.8 Å². The first-order valence-corrected chi connectivity index (χ1v) is 8.23. The minimum atomic E-state index is -0.343. The highest BCUT2D eigenvalue weighted by atomic mass is 16.2. The van der Waals surface area contributed by atoms with Gasteiger partial charge >= 0.3 is 0 Å². The molecule has 3 atom stereocenters. The third-order valence-corrected chi connectivity index (χ3v) is 5.32. The summed E-state index contributed by atoms with van der Waals surface area (Å²) in [5.41, 5.74) is 0.946. The van der Waals surface area contributed by atoms with Gasteiger partial charge in [-0.3, -0.25) is 9.59 Å². The van der Waals surface area contributed by atoms with Gasteiger partial charge in [0.15, 0.2) is 0 Å². The molecule has 2 aliphatic carbocycles. The van der Waals surface area contributed by atoms with E-state index in [9.17, 15) is 9.59 Å². The molecule has 2 heterocycles. The van der Waals surface area contributed by atoms with Crippen molar-refractivity contribution in [3.8, 4) is 0 Å². The maximum atomic E-state index is 12.6. The van der Waals surface area contributed by atoms with E-state index >= 15 is 0 Å². The number of amides is 2. The molecule has 0 bridgehead atoms. The standard InChI is InChI=1S/C16H22N4O2/c1-10-5-13(10)16(22)19-7-12-6-17-9-20(12)14(8-19)15(21)18-11-3-2-4-11/h6,9-11,13-14H,2-5,7-8H2,1H3,(H,18,21). The number of hydrogen-bond acceptors (Lipinski definition) is 3. The molecule has 0 spiro atoms. The molecule has 0 radical (unpaired) electrons. The van der Waals surface area contributed by atoms with Gasteiger partial charge in [0.2, 0.25) is 11.8 Å². The zero-order valence-corrected chi connectivity index (χ0v) is 12.9. The van der Waals surface area contributed by atoms with E-state index in [4.69, 9.17) is 0 Å². The van der Waals surface area contributed by atoms with Gasteiger partial charge < -0.3 is 14.8 Å². The van der Waals surface area contributed by atoms with E-state index in [0.717, 1.165) is 25.0 Å². The van der Waals surface area contributed by atoms with Crippen LogP contribution in [0.2, 0.25) is 0 Å². The van der Waals surface area contributed by atoms with Crippen LogP contribution < -0.4 is 5.32 Å². The minimum absolute atomic E-state index is 0.0188. The second-order valence-electron chi connectivity index (χ2n) is 6.98. The average molecular weight is 302 g/mol. The van der Waals surface area contributed by atoms with Crippen LogP contribution >= 0.6 is 0 Å². The Bertz CT molecular complexity index is 607. The number of carbonyl (C=O) groups excluding carboxylic acids is 2. The fourth-order valence-electron chi connectivity index (χ4n) is 3.42. The van der Waals surface area contributed by atoms with E-state index < -0.39 is 0 Å². The minimum Gasteiger partial charge on any atom is -0.352 e. The molecule has 6 nitrogen and oxygen atoms in total. The maximum absolute atomic E-state index is 12.6. The van der Waals surface area contributed by atoms with E-state index in [1.807, 2.05) is 9.47 Å². The van der Waals surface area contributed by atoms with Crippen LogP contribution in [-0.2, 0) is 16.1 Å². The fourth-order valence-corrected chi connectivity index (χ4v) is 3.42. The summed E-state index contributed by atoms with van der Waals surface area (Å²) in [5.74, 6) is 0.859. The van der Waals surface area contributed by atoms with Gasteiger partial charge in [0.05, 0.1) is 25.1 Å². The van der Waals surface area contributed by atoms with Crippen molar-refractivity contribution in [2.24, 2.45) is 11.8 Å². The van der Waals surface area contributed by atoms with Gasteiger partial charge in [0.25, 0.3) is 0 Å². The van der Waals surface area contributed by atoms with Crippen LogP contribution in [0.15, 0.2) is 12.5 Å². The van der Waals surface area contributed by atoms with Crippen LogP contribution in [0, 0.1) is 11.8 Å². The number of nitrogens with zero attached hydrogens (tertiary/aromatic N) is 3. The molecule has 6 heteroatoms. The molecule has 4 rings (SSSR count). The molecule has 1 aliphatic heterocycles. The van der Waals surface area contributed by atoms with Crippen LogP contribution in [0.1, 0.15) is 44.3 Å².